The van der Waals surface area contributed by atoms with Gasteiger partial charge in [0.15, 0.2) is 5.54 Å². The summed E-state index contributed by atoms with van der Waals surface area (Å²) in [4.78, 5) is 39.7. The van der Waals surface area contributed by atoms with Gasteiger partial charge in [0.25, 0.3) is 5.91 Å². The zero-order valence-corrected chi connectivity index (χ0v) is 17.9. The highest BCUT2D eigenvalue weighted by molar-refractivity contribution is 8.02. The fourth-order valence-corrected chi connectivity index (χ4v) is 6.40. The normalized spacial score (nSPS) is 29.2. The van der Waals surface area contributed by atoms with Crippen LogP contribution < -0.4 is 11.1 Å². The summed E-state index contributed by atoms with van der Waals surface area (Å²) in [6.07, 6.45) is 0. The van der Waals surface area contributed by atoms with E-state index in [0.717, 1.165) is 0 Å². The molecule has 2 saturated heterocycles. The van der Waals surface area contributed by atoms with E-state index in [9.17, 15) is 19.5 Å². The number of nitrogens with zero attached hydrogens (tertiary/aromatic N) is 1. The van der Waals surface area contributed by atoms with Crippen LogP contribution in [0.4, 0.5) is 0 Å². The van der Waals surface area contributed by atoms with Gasteiger partial charge in [0, 0.05) is 4.75 Å². The number of carbonyl (C=O) groups is 3. The number of benzene rings is 1. The lowest BCUT2D eigenvalue weighted by molar-refractivity contribution is -0.167. The summed E-state index contributed by atoms with van der Waals surface area (Å²) in [6.45, 7) is 7.53. The summed E-state index contributed by atoms with van der Waals surface area (Å²) < 4.78 is -0.514. The number of amides is 2. The fourth-order valence-electron chi connectivity index (χ4n) is 3.99. The van der Waals surface area contributed by atoms with Crippen molar-refractivity contribution in [3.63, 3.8) is 0 Å². The van der Waals surface area contributed by atoms with Crippen LogP contribution in [0.2, 0.25) is 0 Å². The molecule has 2 amide bonds. The third kappa shape index (κ3) is 3.00. The molecule has 0 radical (unpaired) electrons. The highest BCUT2D eigenvalue weighted by Crippen LogP contribution is 2.57. The number of β-lactam (4-membered cyclic amide) rings is 1. The third-order valence-electron chi connectivity index (χ3n) is 5.59. The van der Waals surface area contributed by atoms with Gasteiger partial charge >= 0.3 is 0 Å². The van der Waals surface area contributed by atoms with E-state index in [1.54, 1.807) is 12.1 Å². The number of thiol groups is 1. The molecule has 4 N–H and O–H groups in total. The Morgan fingerprint density at radius 3 is 2.36 bits per heavy atom. The van der Waals surface area contributed by atoms with Crippen molar-refractivity contribution in [2.45, 2.75) is 55.4 Å². The molecule has 0 aliphatic carbocycles. The van der Waals surface area contributed by atoms with Gasteiger partial charge in [-0.2, -0.15) is 0 Å². The molecule has 0 bridgehead atoms. The molecule has 9 heteroatoms. The van der Waals surface area contributed by atoms with Crippen LogP contribution in [0.25, 0.3) is 0 Å². The molecule has 1 aromatic rings. The number of hydrogen-bond donors (Lipinski definition) is 4. The number of fused-ring (bicyclic) bond motifs is 1. The van der Waals surface area contributed by atoms with Crippen LogP contribution in [0, 0.1) is 5.92 Å². The lowest BCUT2D eigenvalue weighted by Gasteiger charge is -2.55. The second kappa shape index (κ2) is 6.96. The Morgan fingerprint density at radius 2 is 1.86 bits per heavy atom. The molecule has 2 aliphatic rings. The highest BCUT2D eigenvalue weighted by atomic mass is 32.2. The quantitative estimate of drug-likeness (QED) is 0.421. The molecule has 2 aliphatic heterocycles. The van der Waals surface area contributed by atoms with Crippen molar-refractivity contribution >= 4 is 41.3 Å². The van der Waals surface area contributed by atoms with Gasteiger partial charge < -0.3 is 21.1 Å². The second-order valence-electron chi connectivity index (χ2n) is 8.11. The van der Waals surface area contributed by atoms with Gasteiger partial charge in [-0.05, 0) is 37.5 Å². The molecule has 2 fully saturated rings. The van der Waals surface area contributed by atoms with Gasteiger partial charge in [0.2, 0.25) is 11.0 Å². The lowest BCUT2D eigenvalue weighted by atomic mass is 9.76. The summed E-state index contributed by atoms with van der Waals surface area (Å²) >= 11 is 5.47. The minimum absolute atomic E-state index is 0.0758. The molecule has 0 spiro atoms. The average Bonchev–Trinajstić information content (AvgIpc) is 2.87. The number of phenolic OH excluding ortho intramolecular Hbond substituents is 1. The Labute approximate surface area is 173 Å². The number of rotatable bonds is 5. The third-order valence-corrected chi connectivity index (χ3v) is 7.49. The number of phenols is 1. The van der Waals surface area contributed by atoms with Gasteiger partial charge in [-0.15, -0.1) is 24.4 Å². The Bertz CT molecular complexity index is 827. The van der Waals surface area contributed by atoms with Gasteiger partial charge in [-0.3, -0.25) is 14.4 Å². The Kier molecular flexibility index (Phi) is 5.23. The van der Waals surface area contributed by atoms with E-state index >= 15 is 0 Å². The summed E-state index contributed by atoms with van der Waals surface area (Å²) in [5.74, 6) is -0.892. The van der Waals surface area contributed by atoms with E-state index in [1.807, 2.05) is 27.7 Å². The van der Waals surface area contributed by atoms with E-state index < -0.39 is 28.3 Å². The van der Waals surface area contributed by atoms with Gasteiger partial charge in [-0.1, -0.05) is 26.0 Å². The van der Waals surface area contributed by atoms with Crippen LogP contribution in [-0.4, -0.2) is 48.6 Å². The molecule has 3 rings (SSSR count). The van der Waals surface area contributed by atoms with Gasteiger partial charge in [-0.25, -0.2) is 0 Å². The SMILES string of the molecule is CC(C)C1(NC(=O)C(N)c2ccc(O)cc2)C(=O)N2[C@@H](C(=O)S)C(C)(C)S[C@@H]21. The Morgan fingerprint density at radius 1 is 1.29 bits per heavy atom. The predicted octanol–water partition coefficient (Wildman–Crippen LogP) is 1.42. The predicted molar refractivity (Wildman–Crippen MR) is 111 cm³/mol. The number of nitrogens with one attached hydrogen (secondary N) is 1. The molecule has 2 heterocycles. The molecule has 7 nitrogen and oxygen atoms in total. The lowest BCUT2D eigenvalue weighted by Crippen LogP contribution is -2.81. The Hall–Kier alpha value is -1.71. The molecular formula is C19H25N3O4S2. The van der Waals surface area contributed by atoms with Crippen LogP contribution >= 0.6 is 24.4 Å². The van der Waals surface area contributed by atoms with Crippen LogP contribution in [0.3, 0.4) is 0 Å². The molecular weight excluding hydrogens is 398 g/mol. The molecule has 2 unspecified atom stereocenters. The molecule has 0 aromatic heterocycles. The first-order valence-corrected chi connectivity index (χ1v) is 10.4. The van der Waals surface area contributed by atoms with Crippen LogP contribution in [0.15, 0.2) is 24.3 Å². The first kappa shape index (κ1) is 21.0. The maximum absolute atomic E-state index is 13.2. The maximum Gasteiger partial charge on any atom is 0.253 e. The molecule has 28 heavy (non-hydrogen) atoms. The number of aromatic hydroxyl groups is 1. The zero-order chi connectivity index (χ0) is 21.0. The molecule has 152 valence electrons. The van der Waals surface area contributed by atoms with E-state index in [4.69, 9.17) is 5.73 Å². The maximum atomic E-state index is 13.2. The van der Waals surface area contributed by atoms with Crippen LogP contribution in [0.1, 0.15) is 39.3 Å². The first-order valence-electron chi connectivity index (χ1n) is 9.03. The van der Waals surface area contributed by atoms with E-state index in [2.05, 4.69) is 17.9 Å². The first-order chi connectivity index (χ1) is 12.9. The standard InChI is InChI=1S/C19H25N3O4S2/c1-9(2)19(21-14(24)12(20)10-5-7-11(23)8-6-10)16(26)22-13(15(25)27)18(3,4)28-17(19)22/h5-9,12-13,17,23H,20H2,1-4H3,(H,21,24)(H,25,27)/t12?,13-,17+,19?/m0/s1. The van der Waals surface area contributed by atoms with Crippen molar-refractivity contribution in [2.24, 2.45) is 11.7 Å². The number of carbonyl (C=O) groups excluding carboxylic acids is 3. The number of thioether (sulfide) groups is 1. The van der Waals surface area contributed by atoms with E-state index in [1.165, 1.54) is 28.8 Å². The van der Waals surface area contributed by atoms with Crippen molar-refractivity contribution < 1.29 is 19.5 Å². The Balaban J connectivity index is 1.88. The minimum Gasteiger partial charge on any atom is -0.508 e. The number of hydrogen-bond acceptors (Lipinski definition) is 6. The molecule has 0 saturated carbocycles. The van der Waals surface area contributed by atoms with Gasteiger partial charge in [0.05, 0.1) is 0 Å². The van der Waals surface area contributed by atoms with Crippen molar-refractivity contribution in [1.29, 1.82) is 0 Å². The van der Waals surface area contributed by atoms with Crippen molar-refractivity contribution in [3.05, 3.63) is 29.8 Å². The van der Waals surface area contributed by atoms with Crippen molar-refractivity contribution in [2.75, 3.05) is 0 Å². The summed E-state index contributed by atoms with van der Waals surface area (Å²) in [7, 11) is 0. The van der Waals surface area contributed by atoms with Crippen LogP contribution in [-0.2, 0) is 14.4 Å². The van der Waals surface area contributed by atoms with Crippen molar-refractivity contribution in [1.82, 2.24) is 10.2 Å². The fraction of sp³-hybridized carbons (Fsp3) is 0.526. The zero-order valence-electron chi connectivity index (χ0n) is 16.2. The summed E-state index contributed by atoms with van der Waals surface area (Å²) in [5, 5.41) is 11.6. The smallest absolute Gasteiger partial charge is 0.253 e. The van der Waals surface area contributed by atoms with Gasteiger partial charge in [0.1, 0.15) is 23.2 Å². The van der Waals surface area contributed by atoms with Crippen molar-refractivity contribution in [3.8, 4) is 5.75 Å². The number of nitrogens with two attached hydrogens (primary N) is 1. The highest BCUT2D eigenvalue weighted by Gasteiger charge is 2.72. The monoisotopic (exact) mass is 423 g/mol. The van der Waals surface area contributed by atoms with Crippen LogP contribution in [0.5, 0.6) is 5.75 Å². The second-order valence-corrected chi connectivity index (χ2v) is 10.3. The van der Waals surface area contributed by atoms with E-state index in [0.29, 0.717) is 5.56 Å². The topological polar surface area (TPSA) is 113 Å². The largest absolute Gasteiger partial charge is 0.508 e. The summed E-state index contributed by atoms with van der Waals surface area (Å²) in [6, 6.07) is 4.41. The molecule has 4 atom stereocenters. The minimum atomic E-state index is -1.13. The summed E-state index contributed by atoms with van der Waals surface area (Å²) in [5.41, 5.74) is 5.49. The van der Waals surface area contributed by atoms with E-state index in [-0.39, 0.29) is 28.1 Å². The average molecular weight is 424 g/mol. The molecule has 1 aromatic carbocycles.